The van der Waals surface area contributed by atoms with Gasteiger partial charge in [0.15, 0.2) is 0 Å². The maximum absolute atomic E-state index is 11.9. The SMILES string of the molecule is CCOc1ccc(CC(=O)NCCn2cncc(C)c2=O)cc1. The number of hydrogen-bond acceptors (Lipinski definition) is 4. The number of carbonyl (C=O) groups is 1. The number of hydrogen-bond donors (Lipinski definition) is 1. The van der Waals surface area contributed by atoms with E-state index in [0.29, 0.717) is 31.7 Å². The van der Waals surface area contributed by atoms with Crippen molar-refractivity contribution in [2.45, 2.75) is 26.8 Å². The van der Waals surface area contributed by atoms with Gasteiger partial charge >= 0.3 is 0 Å². The van der Waals surface area contributed by atoms with Crippen LogP contribution in [0.5, 0.6) is 5.75 Å². The minimum atomic E-state index is -0.0826. The van der Waals surface area contributed by atoms with Gasteiger partial charge < -0.3 is 10.1 Å². The lowest BCUT2D eigenvalue weighted by Gasteiger charge is -2.08. The quantitative estimate of drug-likeness (QED) is 0.836. The van der Waals surface area contributed by atoms with Crippen LogP contribution in [0.25, 0.3) is 0 Å². The van der Waals surface area contributed by atoms with Gasteiger partial charge in [0.05, 0.1) is 19.4 Å². The zero-order chi connectivity index (χ0) is 16.7. The number of amides is 1. The van der Waals surface area contributed by atoms with Crippen LogP contribution in [0, 0.1) is 6.92 Å². The standard InChI is InChI=1S/C17H21N3O3/c1-3-23-15-6-4-14(5-7-15)10-16(21)19-8-9-20-12-18-11-13(2)17(20)22/h4-7,11-12H,3,8-10H2,1-2H3,(H,19,21). The second-order valence-electron chi connectivity index (χ2n) is 5.18. The van der Waals surface area contributed by atoms with Crippen molar-refractivity contribution in [3.05, 3.63) is 58.3 Å². The molecule has 0 aliphatic carbocycles. The first-order chi connectivity index (χ1) is 11.1. The summed E-state index contributed by atoms with van der Waals surface area (Å²) in [6.07, 6.45) is 3.31. The molecule has 0 unspecified atom stereocenters. The second-order valence-corrected chi connectivity index (χ2v) is 5.18. The van der Waals surface area contributed by atoms with E-state index in [4.69, 9.17) is 4.74 Å². The molecule has 2 aromatic rings. The number of ether oxygens (including phenoxy) is 1. The van der Waals surface area contributed by atoms with Crippen LogP contribution in [0.2, 0.25) is 0 Å². The van der Waals surface area contributed by atoms with Crippen LogP contribution in [-0.2, 0) is 17.8 Å². The Morgan fingerprint density at radius 2 is 2.04 bits per heavy atom. The Bertz CT molecular complexity index is 708. The van der Waals surface area contributed by atoms with Crippen LogP contribution < -0.4 is 15.6 Å². The Labute approximate surface area is 135 Å². The molecule has 1 amide bonds. The van der Waals surface area contributed by atoms with Crippen molar-refractivity contribution in [3.63, 3.8) is 0 Å². The number of carbonyl (C=O) groups excluding carboxylic acids is 1. The van der Waals surface area contributed by atoms with Gasteiger partial charge in [0.1, 0.15) is 5.75 Å². The van der Waals surface area contributed by atoms with Crippen molar-refractivity contribution in [2.75, 3.05) is 13.2 Å². The van der Waals surface area contributed by atoms with Gasteiger partial charge in [0, 0.05) is 24.8 Å². The fourth-order valence-corrected chi connectivity index (χ4v) is 2.15. The molecule has 0 spiro atoms. The fraction of sp³-hybridized carbons (Fsp3) is 0.353. The van der Waals surface area contributed by atoms with Crippen molar-refractivity contribution in [1.29, 1.82) is 0 Å². The molecular formula is C17H21N3O3. The fourth-order valence-electron chi connectivity index (χ4n) is 2.15. The molecule has 6 nitrogen and oxygen atoms in total. The highest BCUT2D eigenvalue weighted by Gasteiger charge is 2.04. The maximum Gasteiger partial charge on any atom is 0.256 e. The first kappa shape index (κ1) is 16.7. The van der Waals surface area contributed by atoms with Crippen molar-refractivity contribution in [1.82, 2.24) is 14.9 Å². The highest BCUT2D eigenvalue weighted by atomic mass is 16.5. The van der Waals surface area contributed by atoms with Crippen LogP contribution in [0.1, 0.15) is 18.1 Å². The third-order valence-corrected chi connectivity index (χ3v) is 3.35. The molecule has 0 radical (unpaired) electrons. The van der Waals surface area contributed by atoms with E-state index in [0.717, 1.165) is 11.3 Å². The molecule has 0 bridgehead atoms. The molecule has 23 heavy (non-hydrogen) atoms. The van der Waals surface area contributed by atoms with E-state index in [-0.39, 0.29) is 11.5 Å². The maximum atomic E-state index is 11.9. The van der Waals surface area contributed by atoms with E-state index in [9.17, 15) is 9.59 Å². The molecule has 0 saturated carbocycles. The smallest absolute Gasteiger partial charge is 0.256 e. The summed E-state index contributed by atoms with van der Waals surface area (Å²) >= 11 is 0. The van der Waals surface area contributed by atoms with Gasteiger partial charge in [-0.3, -0.25) is 14.2 Å². The van der Waals surface area contributed by atoms with Crippen molar-refractivity contribution < 1.29 is 9.53 Å². The van der Waals surface area contributed by atoms with E-state index in [1.54, 1.807) is 6.92 Å². The van der Waals surface area contributed by atoms with Gasteiger partial charge in [0.2, 0.25) is 5.91 Å². The van der Waals surface area contributed by atoms with Crippen LogP contribution in [0.15, 0.2) is 41.6 Å². The lowest BCUT2D eigenvalue weighted by molar-refractivity contribution is -0.120. The molecule has 0 fully saturated rings. The lowest BCUT2D eigenvalue weighted by Crippen LogP contribution is -2.32. The molecule has 1 heterocycles. The number of nitrogens with one attached hydrogen (secondary N) is 1. The van der Waals surface area contributed by atoms with E-state index < -0.39 is 0 Å². The van der Waals surface area contributed by atoms with Gasteiger partial charge in [-0.25, -0.2) is 4.98 Å². The van der Waals surface area contributed by atoms with Crippen molar-refractivity contribution in [2.24, 2.45) is 0 Å². The summed E-state index contributed by atoms with van der Waals surface area (Å²) in [5.74, 6) is 0.714. The van der Waals surface area contributed by atoms with Gasteiger partial charge in [-0.15, -0.1) is 0 Å². The van der Waals surface area contributed by atoms with E-state index in [2.05, 4.69) is 10.3 Å². The van der Waals surface area contributed by atoms with E-state index in [1.165, 1.54) is 17.1 Å². The largest absolute Gasteiger partial charge is 0.494 e. The molecule has 2 rings (SSSR count). The number of benzene rings is 1. The highest BCUT2D eigenvalue weighted by molar-refractivity contribution is 5.78. The van der Waals surface area contributed by atoms with Crippen molar-refractivity contribution in [3.8, 4) is 5.75 Å². The molecule has 6 heteroatoms. The summed E-state index contributed by atoms with van der Waals surface area (Å²) in [6.45, 7) is 5.06. The van der Waals surface area contributed by atoms with Gasteiger partial charge in [0.25, 0.3) is 5.56 Å². The van der Waals surface area contributed by atoms with E-state index >= 15 is 0 Å². The lowest BCUT2D eigenvalue weighted by atomic mass is 10.1. The van der Waals surface area contributed by atoms with Gasteiger partial charge in [-0.1, -0.05) is 12.1 Å². The molecule has 0 aliphatic heterocycles. The second kappa shape index (κ2) is 8.12. The summed E-state index contributed by atoms with van der Waals surface area (Å²) < 4.78 is 6.85. The van der Waals surface area contributed by atoms with E-state index in [1.807, 2.05) is 31.2 Å². The summed E-state index contributed by atoms with van der Waals surface area (Å²) in [5, 5.41) is 2.81. The molecule has 1 aromatic carbocycles. The predicted octanol–water partition coefficient (Wildman–Crippen LogP) is 1.31. The Morgan fingerprint density at radius 3 is 2.74 bits per heavy atom. The number of nitrogens with zero attached hydrogens (tertiary/aromatic N) is 2. The van der Waals surface area contributed by atoms with Crippen molar-refractivity contribution >= 4 is 5.91 Å². The average Bonchev–Trinajstić information content (AvgIpc) is 2.54. The summed E-state index contributed by atoms with van der Waals surface area (Å²) in [7, 11) is 0. The Morgan fingerprint density at radius 1 is 1.30 bits per heavy atom. The monoisotopic (exact) mass is 315 g/mol. The molecule has 0 atom stereocenters. The molecule has 122 valence electrons. The molecule has 1 aromatic heterocycles. The number of rotatable bonds is 7. The summed E-state index contributed by atoms with van der Waals surface area (Å²) in [4.78, 5) is 27.7. The first-order valence-electron chi connectivity index (χ1n) is 7.59. The minimum Gasteiger partial charge on any atom is -0.494 e. The van der Waals surface area contributed by atoms with Gasteiger partial charge in [-0.2, -0.15) is 0 Å². The zero-order valence-corrected chi connectivity index (χ0v) is 13.4. The molecule has 0 saturated heterocycles. The third-order valence-electron chi connectivity index (χ3n) is 3.35. The summed E-state index contributed by atoms with van der Waals surface area (Å²) in [5.41, 5.74) is 1.43. The normalized spacial score (nSPS) is 10.3. The van der Waals surface area contributed by atoms with Crippen LogP contribution in [-0.4, -0.2) is 28.6 Å². The van der Waals surface area contributed by atoms with Crippen LogP contribution in [0.4, 0.5) is 0 Å². The Balaban J connectivity index is 1.81. The Hall–Kier alpha value is -2.63. The van der Waals surface area contributed by atoms with Crippen LogP contribution >= 0.6 is 0 Å². The highest BCUT2D eigenvalue weighted by Crippen LogP contribution is 2.12. The van der Waals surface area contributed by atoms with Gasteiger partial charge in [-0.05, 0) is 31.5 Å². The predicted molar refractivity (Wildman–Crippen MR) is 87.6 cm³/mol. The zero-order valence-electron chi connectivity index (χ0n) is 13.4. The molecular weight excluding hydrogens is 294 g/mol. The summed E-state index contributed by atoms with van der Waals surface area (Å²) in [6, 6.07) is 7.45. The third kappa shape index (κ3) is 4.95. The topological polar surface area (TPSA) is 73.2 Å². The number of aryl methyl sites for hydroxylation is 1. The average molecular weight is 315 g/mol. The minimum absolute atomic E-state index is 0.0807. The Kier molecular flexibility index (Phi) is 5.91. The molecule has 0 aliphatic rings. The molecule has 1 N–H and O–H groups in total. The number of aromatic nitrogens is 2. The van der Waals surface area contributed by atoms with Crippen LogP contribution in [0.3, 0.4) is 0 Å². The first-order valence-corrected chi connectivity index (χ1v) is 7.59.